The van der Waals surface area contributed by atoms with Crippen molar-refractivity contribution in [2.75, 3.05) is 25.9 Å². The summed E-state index contributed by atoms with van der Waals surface area (Å²) in [6.07, 6.45) is 0.642. The lowest BCUT2D eigenvalue weighted by Crippen LogP contribution is -2.32. The Morgan fingerprint density at radius 2 is 2.19 bits per heavy atom. The van der Waals surface area contributed by atoms with Gasteiger partial charge in [-0.1, -0.05) is 0 Å². The summed E-state index contributed by atoms with van der Waals surface area (Å²) in [6, 6.07) is 0. The van der Waals surface area contributed by atoms with Crippen LogP contribution in [0.4, 0.5) is 0 Å². The summed E-state index contributed by atoms with van der Waals surface area (Å²) in [5.41, 5.74) is 0.943. The highest BCUT2D eigenvalue weighted by atomic mass is 32.2. The molecule has 0 unspecified atom stereocenters. The van der Waals surface area contributed by atoms with Gasteiger partial charge < -0.3 is 5.32 Å². The Morgan fingerprint density at radius 1 is 1.44 bits per heavy atom. The van der Waals surface area contributed by atoms with Gasteiger partial charge >= 0.3 is 0 Å². The molecule has 1 aromatic rings. The average Bonchev–Trinajstić information content (AvgIpc) is 2.61. The number of hydrogen-bond donors (Lipinski definition) is 2. The number of nitrogens with one attached hydrogen (secondary N) is 2. The molecule has 0 amide bonds. The van der Waals surface area contributed by atoms with E-state index in [1.807, 2.05) is 12.3 Å². The number of aryl methyl sites for hydroxylation is 1. The number of hydrogen-bond acceptors (Lipinski definition) is 5. The third kappa shape index (κ3) is 5.02. The minimum Gasteiger partial charge on any atom is -0.319 e. The zero-order valence-electron chi connectivity index (χ0n) is 9.49. The molecule has 0 aliphatic rings. The molecule has 0 saturated heterocycles. The molecule has 16 heavy (non-hydrogen) atoms. The van der Waals surface area contributed by atoms with Crippen molar-refractivity contribution in [1.29, 1.82) is 0 Å². The first-order chi connectivity index (χ1) is 7.53. The summed E-state index contributed by atoms with van der Waals surface area (Å²) >= 11 is 1.58. The summed E-state index contributed by atoms with van der Waals surface area (Å²) in [5.74, 6) is 0.111. The molecular weight excluding hydrogens is 246 g/mol. The summed E-state index contributed by atoms with van der Waals surface area (Å²) in [7, 11) is -1.41. The molecule has 0 aliphatic carbocycles. The van der Waals surface area contributed by atoms with Crippen molar-refractivity contribution in [2.45, 2.75) is 13.3 Å². The van der Waals surface area contributed by atoms with Crippen LogP contribution in [0.3, 0.4) is 0 Å². The van der Waals surface area contributed by atoms with Gasteiger partial charge in [0, 0.05) is 24.9 Å². The molecule has 1 aromatic heterocycles. The van der Waals surface area contributed by atoms with E-state index in [2.05, 4.69) is 15.0 Å². The summed E-state index contributed by atoms with van der Waals surface area (Å²) in [4.78, 5) is 4.26. The fraction of sp³-hybridized carbons (Fsp3) is 0.667. The fourth-order valence-corrected chi connectivity index (χ4v) is 2.84. The molecule has 0 saturated carbocycles. The molecule has 7 heteroatoms. The Kier molecular flexibility index (Phi) is 5.33. The summed E-state index contributed by atoms with van der Waals surface area (Å²) < 4.78 is 25.4. The van der Waals surface area contributed by atoms with Gasteiger partial charge in [-0.3, -0.25) is 0 Å². The standard InChI is InChI=1S/C9H17N3O2S2/c1-8-12-9(7-15-8)3-4-11-16(13,14)6-5-10-2/h7,10-11H,3-6H2,1-2H3. The third-order valence-electron chi connectivity index (χ3n) is 1.99. The second-order valence-corrected chi connectivity index (χ2v) is 6.41. The van der Waals surface area contributed by atoms with Gasteiger partial charge in [0.05, 0.1) is 16.5 Å². The molecule has 1 heterocycles. The summed E-state index contributed by atoms with van der Waals surface area (Å²) in [5, 5.41) is 5.77. The smallest absolute Gasteiger partial charge is 0.212 e. The summed E-state index contributed by atoms with van der Waals surface area (Å²) in [6.45, 7) is 2.81. The number of aromatic nitrogens is 1. The van der Waals surface area contributed by atoms with Gasteiger partial charge in [-0.15, -0.1) is 11.3 Å². The second-order valence-electron chi connectivity index (χ2n) is 3.42. The van der Waals surface area contributed by atoms with Crippen molar-refractivity contribution < 1.29 is 8.42 Å². The molecule has 0 aromatic carbocycles. The van der Waals surface area contributed by atoms with Crippen LogP contribution in [0.25, 0.3) is 0 Å². The van der Waals surface area contributed by atoms with Gasteiger partial charge in [0.15, 0.2) is 0 Å². The maximum absolute atomic E-state index is 11.4. The minimum absolute atomic E-state index is 0.111. The molecule has 0 radical (unpaired) electrons. The van der Waals surface area contributed by atoms with Gasteiger partial charge in [0.25, 0.3) is 0 Å². The van der Waals surface area contributed by atoms with Crippen LogP contribution in [0.1, 0.15) is 10.7 Å². The van der Waals surface area contributed by atoms with Gasteiger partial charge in [-0.25, -0.2) is 18.1 Å². The van der Waals surface area contributed by atoms with E-state index in [0.29, 0.717) is 19.5 Å². The van der Waals surface area contributed by atoms with E-state index >= 15 is 0 Å². The highest BCUT2D eigenvalue weighted by molar-refractivity contribution is 7.89. The first-order valence-corrected chi connectivity index (χ1v) is 7.59. The van der Waals surface area contributed by atoms with E-state index in [1.54, 1.807) is 18.4 Å². The maximum Gasteiger partial charge on any atom is 0.212 e. The van der Waals surface area contributed by atoms with Crippen molar-refractivity contribution in [3.8, 4) is 0 Å². The quantitative estimate of drug-likeness (QED) is 0.734. The van der Waals surface area contributed by atoms with Crippen LogP contribution >= 0.6 is 11.3 Å². The Labute approximate surface area is 100 Å². The zero-order chi connectivity index (χ0) is 12.0. The molecule has 1 rings (SSSR count). The van der Waals surface area contributed by atoms with Crippen molar-refractivity contribution >= 4 is 21.4 Å². The number of nitrogens with zero attached hydrogens (tertiary/aromatic N) is 1. The highest BCUT2D eigenvalue weighted by Gasteiger charge is 2.08. The zero-order valence-corrected chi connectivity index (χ0v) is 11.1. The average molecular weight is 263 g/mol. The van der Waals surface area contributed by atoms with Gasteiger partial charge in [-0.2, -0.15) is 0 Å². The lowest BCUT2D eigenvalue weighted by Gasteiger charge is -2.04. The first kappa shape index (κ1) is 13.6. The van der Waals surface area contributed by atoms with Crippen molar-refractivity contribution in [2.24, 2.45) is 0 Å². The van der Waals surface area contributed by atoms with Crippen molar-refractivity contribution in [3.05, 3.63) is 16.1 Å². The predicted molar refractivity (Wildman–Crippen MR) is 66.3 cm³/mol. The molecule has 0 bridgehead atoms. The lowest BCUT2D eigenvalue weighted by molar-refractivity contribution is 0.579. The van der Waals surface area contributed by atoms with E-state index in [1.165, 1.54) is 0 Å². The van der Waals surface area contributed by atoms with E-state index in [9.17, 15) is 8.42 Å². The largest absolute Gasteiger partial charge is 0.319 e. The third-order valence-corrected chi connectivity index (χ3v) is 4.20. The SMILES string of the molecule is CNCCS(=O)(=O)NCCc1csc(C)n1. The van der Waals surface area contributed by atoms with Crippen LogP contribution in [0.15, 0.2) is 5.38 Å². The molecule has 0 spiro atoms. The minimum atomic E-state index is -3.14. The van der Waals surface area contributed by atoms with Crippen LogP contribution in [-0.4, -0.2) is 39.3 Å². The number of rotatable bonds is 7. The monoisotopic (exact) mass is 263 g/mol. The van der Waals surface area contributed by atoms with E-state index in [0.717, 1.165) is 10.7 Å². The van der Waals surface area contributed by atoms with Crippen molar-refractivity contribution in [3.63, 3.8) is 0 Å². The molecule has 0 aliphatic heterocycles. The Balaban J connectivity index is 2.29. The van der Waals surface area contributed by atoms with Crippen LogP contribution < -0.4 is 10.0 Å². The van der Waals surface area contributed by atoms with Crippen molar-refractivity contribution in [1.82, 2.24) is 15.0 Å². The Hall–Kier alpha value is -0.500. The maximum atomic E-state index is 11.4. The van der Waals surface area contributed by atoms with E-state index in [4.69, 9.17) is 0 Å². The van der Waals surface area contributed by atoms with Gasteiger partial charge in [0.1, 0.15) is 0 Å². The Bertz CT molecular complexity index is 414. The number of sulfonamides is 1. The molecular formula is C9H17N3O2S2. The van der Waals surface area contributed by atoms with Crippen LogP contribution in [0.5, 0.6) is 0 Å². The molecule has 5 nitrogen and oxygen atoms in total. The topological polar surface area (TPSA) is 71.1 Å². The lowest BCUT2D eigenvalue weighted by atomic mass is 10.3. The Morgan fingerprint density at radius 3 is 2.75 bits per heavy atom. The fourth-order valence-electron chi connectivity index (χ4n) is 1.17. The van der Waals surface area contributed by atoms with Gasteiger partial charge in [-0.05, 0) is 14.0 Å². The molecule has 2 N–H and O–H groups in total. The normalized spacial score (nSPS) is 11.9. The highest BCUT2D eigenvalue weighted by Crippen LogP contribution is 2.07. The van der Waals surface area contributed by atoms with Crippen LogP contribution in [0, 0.1) is 6.92 Å². The second kappa shape index (κ2) is 6.29. The molecule has 0 atom stereocenters. The van der Waals surface area contributed by atoms with E-state index < -0.39 is 10.0 Å². The van der Waals surface area contributed by atoms with E-state index in [-0.39, 0.29) is 5.75 Å². The van der Waals surface area contributed by atoms with Crippen LogP contribution in [-0.2, 0) is 16.4 Å². The van der Waals surface area contributed by atoms with Crippen LogP contribution in [0.2, 0.25) is 0 Å². The number of thiazole rings is 1. The molecule has 92 valence electrons. The van der Waals surface area contributed by atoms with Gasteiger partial charge in [0.2, 0.25) is 10.0 Å². The predicted octanol–water partition coefficient (Wildman–Crippen LogP) is 0.133. The molecule has 0 fully saturated rings. The first-order valence-electron chi connectivity index (χ1n) is 5.06.